The van der Waals surface area contributed by atoms with Crippen LogP contribution in [0.2, 0.25) is 0 Å². The molecule has 0 aromatic heterocycles. The van der Waals surface area contributed by atoms with Crippen molar-refractivity contribution in [2.45, 2.75) is 64.6 Å². The molecule has 4 bridgehead atoms. The third-order valence-corrected chi connectivity index (χ3v) is 6.63. The summed E-state index contributed by atoms with van der Waals surface area (Å²) in [5, 5.41) is 19.5. The van der Waals surface area contributed by atoms with Gasteiger partial charge < -0.3 is 15.1 Å². The maximum absolute atomic E-state index is 13.2. The Bertz CT molecular complexity index is 462. The predicted molar refractivity (Wildman–Crippen MR) is 78.4 cm³/mol. The summed E-state index contributed by atoms with van der Waals surface area (Å²) < 4.78 is 0. The Balaban J connectivity index is 1.64. The van der Waals surface area contributed by atoms with Crippen molar-refractivity contribution in [3.63, 3.8) is 0 Å². The van der Waals surface area contributed by atoms with E-state index in [1.807, 2.05) is 0 Å². The average Bonchev–Trinajstić information content (AvgIpc) is 2.64. The fraction of sp³-hybridized carbons (Fsp3) is 0.941. The Labute approximate surface area is 126 Å². The average molecular weight is 293 g/mol. The highest BCUT2D eigenvalue weighted by Crippen LogP contribution is 2.69. The maximum Gasteiger partial charge on any atom is 0.229 e. The number of β-amino-alcohol motifs (C(OH)–C–C–N with tert-alkyl or cyclic N) is 2. The van der Waals surface area contributed by atoms with Gasteiger partial charge in [-0.25, -0.2) is 0 Å². The molecule has 4 nitrogen and oxygen atoms in total. The Morgan fingerprint density at radius 1 is 0.952 bits per heavy atom. The van der Waals surface area contributed by atoms with Crippen molar-refractivity contribution in [1.82, 2.24) is 4.90 Å². The van der Waals surface area contributed by atoms with Crippen LogP contribution in [-0.4, -0.2) is 46.3 Å². The van der Waals surface area contributed by atoms with Gasteiger partial charge in [-0.3, -0.25) is 4.79 Å². The first-order chi connectivity index (χ1) is 9.73. The van der Waals surface area contributed by atoms with E-state index in [9.17, 15) is 15.0 Å². The van der Waals surface area contributed by atoms with Gasteiger partial charge in [0.25, 0.3) is 0 Å². The molecule has 1 amide bonds. The van der Waals surface area contributed by atoms with Crippen molar-refractivity contribution in [3.05, 3.63) is 0 Å². The summed E-state index contributed by atoms with van der Waals surface area (Å²) in [6, 6.07) is 0. The van der Waals surface area contributed by atoms with Crippen LogP contribution in [0.25, 0.3) is 0 Å². The van der Waals surface area contributed by atoms with Crippen molar-refractivity contribution in [2.75, 3.05) is 13.1 Å². The van der Waals surface area contributed by atoms with E-state index in [0.29, 0.717) is 29.8 Å². The second-order valence-corrected chi connectivity index (χ2v) is 9.26. The van der Waals surface area contributed by atoms with Crippen LogP contribution in [0.1, 0.15) is 52.4 Å². The molecule has 118 valence electrons. The van der Waals surface area contributed by atoms with Crippen molar-refractivity contribution >= 4 is 5.91 Å². The van der Waals surface area contributed by atoms with E-state index in [0.717, 1.165) is 19.3 Å². The molecular formula is C17H27NO3. The maximum atomic E-state index is 13.2. The van der Waals surface area contributed by atoms with Crippen molar-refractivity contribution in [1.29, 1.82) is 0 Å². The summed E-state index contributed by atoms with van der Waals surface area (Å²) >= 11 is 0. The molecule has 0 radical (unpaired) electrons. The third-order valence-electron chi connectivity index (χ3n) is 6.63. The van der Waals surface area contributed by atoms with Crippen LogP contribution in [0.4, 0.5) is 0 Å². The lowest BCUT2D eigenvalue weighted by molar-refractivity contribution is -0.179. The first-order valence-electron chi connectivity index (χ1n) is 8.38. The fourth-order valence-corrected chi connectivity index (χ4v) is 6.96. The topological polar surface area (TPSA) is 60.8 Å². The van der Waals surface area contributed by atoms with Crippen molar-refractivity contribution in [3.8, 4) is 0 Å². The Morgan fingerprint density at radius 3 is 1.95 bits per heavy atom. The predicted octanol–water partition coefficient (Wildman–Crippen LogP) is 1.55. The zero-order valence-corrected chi connectivity index (χ0v) is 13.1. The summed E-state index contributed by atoms with van der Waals surface area (Å²) in [6.45, 7) is 5.34. The molecule has 4 unspecified atom stereocenters. The first kappa shape index (κ1) is 14.0. The summed E-state index contributed by atoms with van der Waals surface area (Å²) in [7, 11) is 0. The van der Waals surface area contributed by atoms with Crippen LogP contribution >= 0.6 is 0 Å². The molecule has 4 heteroatoms. The third kappa shape index (κ3) is 1.98. The van der Waals surface area contributed by atoms with Gasteiger partial charge in [-0.2, -0.15) is 0 Å². The van der Waals surface area contributed by atoms with Crippen LogP contribution in [0.5, 0.6) is 0 Å². The fourth-order valence-electron chi connectivity index (χ4n) is 6.96. The molecule has 1 saturated heterocycles. The van der Waals surface area contributed by atoms with E-state index in [1.165, 1.54) is 19.3 Å². The van der Waals surface area contributed by atoms with Gasteiger partial charge in [-0.1, -0.05) is 13.8 Å². The zero-order chi connectivity index (χ0) is 15.0. The number of nitrogens with zero attached hydrogens (tertiary/aromatic N) is 1. The standard InChI is InChI=1S/C17H27NO3/c1-15-3-11-4-16(2,8-15)10-17(5-11,9-15)14(21)18-6-12(19)13(20)7-18/h11-13,19-20H,3-10H2,1-2H3. The lowest BCUT2D eigenvalue weighted by Gasteiger charge is -2.65. The van der Waals surface area contributed by atoms with Crippen LogP contribution in [-0.2, 0) is 4.79 Å². The SMILES string of the molecule is CC12CC3CC(C)(C1)CC(C(=O)N1CC(O)C(O)C1)(C3)C2. The van der Waals surface area contributed by atoms with E-state index in [2.05, 4.69) is 13.8 Å². The summed E-state index contributed by atoms with van der Waals surface area (Å²) in [6.07, 6.45) is 5.33. The minimum atomic E-state index is -0.769. The smallest absolute Gasteiger partial charge is 0.229 e. The van der Waals surface area contributed by atoms with Gasteiger partial charge in [0.05, 0.1) is 17.6 Å². The molecule has 0 spiro atoms. The molecule has 4 aliphatic carbocycles. The van der Waals surface area contributed by atoms with Gasteiger partial charge in [0, 0.05) is 13.1 Å². The summed E-state index contributed by atoms with van der Waals surface area (Å²) in [5.74, 6) is 0.900. The number of likely N-dealkylation sites (tertiary alicyclic amines) is 1. The number of rotatable bonds is 1. The summed E-state index contributed by atoms with van der Waals surface area (Å²) in [5.41, 5.74) is 0.425. The van der Waals surface area contributed by atoms with Gasteiger partial charge in [-0.15, -0.1) is 0 Å². The lowest BCUT2D eigenvalue weighted by Crippen LogP contribution is -2.60. The number of carbonyl (C=O) groups is 1. The largest absolute Gasteiger partial charge is 0.388 e. The number of hydrogen-bond acceptors (Lipinski definition) is 3. The Kier molecular flexibility index (Phi) is 2.68. The van der Waals surface area contributed by atoms with Gasteiger partial charge in [0.1, 0.15) is 0 Å². The number of aliphatic hydroxyl groups is 2. The molecule has 4 saturated carbocycles. The van der Waals surface area contributed by atoms with Crippen LogP contribution < -0.4 is 0 Å². The van der Waals surface area contributed by atoms with Crippen molar-refractivity contribution < 1.29 is 15.0 Å². The normalized spacial score (nSPS) is 55.2. The molecular weight excluding hydrogens is 266 g/mol. The molecule has 21 heavy (non-hydrogen) atoms. The van der Waals surface area contributed by atoms with Gasteiger partial charge in [-0.05, 0) is 55.3 Å². The van der Waals surface area contributed by atoms with Gasteiger partial charge in [0.2, 0.25) is 5.91 Å². The molecule has 0 aromatic carbocycles. The Morgan fingerprint density at radius 2 is 1.48 bits per heavy atom. The van der Waals surface area contributed by atoms with Gasteiger partial charge >= 0.3 is 0 Å². The molecule has 4 atom stereocenters. The highest BCUT2D eigenvalue weighted by atomic mass is 16.3. The number of carbonyl (C=O) groups excluding carboxylic acids is 1. The molecule has 2 N–H and O–H groups in total. The lowest BCUT2D eigenvalue weighted by atomic mass is 9.40. The Hall–Kier alpha value is -0.610. The first-order valence-corrected chi connectivity index (χ1v) is 8.38. The van der Waals surface area contributed by atoms with Crippen LogP contribution in [0.15, 0.2) is 0 Å². The van der Waals surface area contributed by atoms with E-state index in [-0.39, 0.29) is 11.3 Å². The number of amides is 1. The molecule has 0 aromatic rings. The van der Waals surface area contributed by atoms with Crippen molar-refractivity contribution in [2.24, 2.45) is 22.2 Å². The number of hydrogen-bond donors (Lipinski definition) is 2. The monoisotopic (exact) mass is 293 g/mol. The zero-order valence-electron chi connectivity index (χ0n) is 13.1. The van der Waals surface area contributed by atoms with Gasteiger partial charge in [0.15, 0.2) is 0 Å². The van der Waals surface area contributed by atoms with E-state index >= 15 is 0 Å². The second kappa shape index (κ2) is 4.02. The van der Waals surface area contributed by atoms with E-state index in [1.54, 1.807) is 4.90 Å². The van der Waals surface area contributed by atoms with E-state index < -0.39 is 12.2 Å². The molecule has 5 fully saturated rings. The highest BCUT2D eigenvalue weighted by Gasteiger charge is 2.63. The molecule has 1 heterocycles. The highest BCUT2D eigenvalue weighted by molar-refractivity contribution is 5.84. The molecule has 5 aliphatic rings. The summed E-state index contributed by atoms with van der Waals surface area (Å²) in [4.78, 5) is 14.9. The van der Waals surface area contributed by atoms with E-state index in [4.69, 9.17) is 0 Å². The molecule has 1 aliphatic heterocycles. The second-order valence-electron chi connectivity index (χ2n) is 9.26. The minimum absolute atomic E-state index is 0.208. The quantitative estimate of drug-likeness (QED) is 0.771. The molecule has 5 rings (SSSR count). The number of aliphatic hydroxyl groups excluding tert-OH is 2. The minimum Gasteiger partial charge on any atom is -0.388 e. The van der Waals surface area contributed by atoms with Crippen LogP contribution in [0, 0.1) is 22.2 Å². The van der Waals surface area contributed by atoms with Crippen LogP contribution in [0.3, 0.4) is 0 Å².